The second-order valence-corrected chi connectivity index (χ2v) is 6.34. The van der Waals surface area contributed by atoms with E-state index in [4.69, 9.17) is 11.6 Å². The van der Waals surface area contributed by atoms with Gasteiger partial charge < -0.3 is 4.90 Å². The van der Waals surface area contributed by atoms with Crippen molar-refractivity contribution < 1.29 is 4.79 Å². The fraction of sp³-hybridized carbons (Fsp3) is 0.316. The lowest BCUT2D eigenvalue weighted by atomic mass is 9.99. The number of carbonyl (C=O) groups excluding carboxylic acids is 1. The van der Waals surface area contributed by atoms with Gasteiger partial charge in [-0.1, -0.05) is 48.0 Å². The molecule has 1 amide bonds. The zero-order chi connectivity index (χ0) is 15.5. The van der Waals surface area contributed by atoms with Crippen molar-refractivity contribution in [1.82, 2.24) is 4.90 Å². The van der Waals surface area contributed by atoms with Crippen LogP contribution in [0.4, 0.5) is 0 Å². The van der Waals surface area contributed by atoms with E-state index in [1.54, 1.807) is 0 Å². The first-order valence-electron chi connectivity index (χ1n) is 7.74. The number of rotatable bonds is 3. The van der Waals surface area contributed by atoms with Crippen LogP contribution in [0.2, 0.25) is 5.02 Å². The molecule has 1 aliphatic rings. The summed E-state index contributed by atoms with van der Waals surface area (Å²) >= 11 is 6.01. The van der Waals surface area contributed by atoms with Crippen LogP contribution >= 0.6 is 11.6 Å². The molecule has 0 unspecified atom stereocenters. The molecule has 22 heavy (non-hydrogen) atoms. The van der Waals surface area contributed by atoms with Crippen molar-refractivity contribution in [2.75, 3.05) is 6.54 Å². The zero-order valence-corrected chi connectivity index (χ0v) is 13.5. The molecular formula is C19H20ClNO. The maximum absolute atomic E-state index is 12.7. The molecule has 3 rings (SSSR count). The van der Waals surface area contributed by atoms with Gasteiger partial charge in [0.1, 0.15) is 0 Å². The van der Waals surface area contributed by atoms with Gasteiger partial charge in [0.2, 0.25) is 5.91 Å². The van der Waals surface area contributed by atoms with Gasteiger partial charge in [-0.3, -0.25) is 4.79 Å². The number of halogens is 1. The lowest BCUT2D eigenvalue weighted by molar-refractivity contribution is -0.131. The minimum Gasteiger partial charge on any atom is -0.335 e. The van der Waals surface area contributed by atoms with Crippen molar-refractivity contribution in [3.05, 3.63) is 70.2 Å². The highest BCUT2D eigenvalue weighted by Gasteiger charge is 2.30. The Morgan fingerprint density at radius 1 is 1.23 bits per heavy atom. The van der Waals surface area contributed by atoms with Crippen molar-refractivity contribution in [1.29, 1.82) is 0 Å². The van der Waals surface area contributed by atoms with Crippen LogP contribution in [0, 0.1) is 6.92 Å². The lowest BCUT2D eigenvalue weighted by Crippen LogP contribution is -2.32. The quantitative estimate of drug-likeness (QED) is 0.813. The van der Waals surface area contributed by atoms with Crippen LogP contribution in [-0.4, -0.2) is 17.4 Å². The van der Waals surface area contributed by atoms with E-state index in [0.717, 1.165) is 24.9 Å². The average molecular weight is 314 g/mol. The van der Waals surface area contributed by atoms with Crippen molar-refractivity contribution in [2.24, 2.45) is 0 Å². The summed E-state index contributed by atoms with van der Waals surface area (Å²) in [4.78, 5) is 14.7. The summed E-state index contributed by atoms with van der Waals surface area (Å²) in [5.74, 6) is 0.188. The molecule has 1 atom stereocenters. The summed E-state index contributed by atoms with van der Waals surface area (Å²) < 4.78 is 0. The molecule has 3 heteroatoms. The van der Waals surface area contributed by atoms with Crippen LogP contribution in [0.25, 0.3) is 0 Å². The maximum atomic E-state index is 12.7. The van der Waals surface area contributed by atoms with Crippen LogP contribution in [0.1, 0.15) is 35.6 Å². The van der Waals surface area contributed by atoms with Gasteiger partial charge in [0, 0.05) is 11.6 Å². The van der Waals surface area contributed by atoms with Gasteiger partial charge in [0.25, 0.3) is 0 Å². The van der Waals surface area contributed by atoms with Crippen molar-refractivity contribution in [3.63, 3.8) is 0 Å². The van der Waals surface area contributed by atoms with Crippen LogP contribution in [-0.2, 0) is 11.2 Å². The lowest BCUT2D eigenvalue weighted by Gasteiger charge is -2.26. The number of likely N-dealkylation sites (tertiary alicyclic amines) is 1. The maximum Gasteiger partial charge on any atom is 0.227 e. The molecule has 2 aromatic carbocycles. The molecule has 0 saturated carbocycles. The Kier molecular flexibility index (Phi) is 4.49. The molecule has 0 aromatic heterocycles. The normalized spacial score (nSPS) is 17.7. The second kappa shape index (κ2) is 6.53. The molecule has 1 saturated heterocycles. The summed E-state index contributed by atoms with van der Waals surface area (Å²) in [6.45, 7) is 2.96. The Morgan fingerprint density at radius 3 is 2.82 bits per heavy atom. The number of benzene rings is 2. The van der Waals surface area contributed by atoms with Gasteiger partial charge in [0.15, 0.2) is 0 Å². The van der Waals surface area contributed by atoms with E-state index in [0.29, 0.717) is 11.4 Å². The van der Waals surface area contributed by atoms with Crippen LogP contribution in [0.5, 0.6) is 0 Å². The van der Waals surface area contributed by atoms with Crippen LogP contribution < -0.4 is 0 Å². The fourth-order valence-corrected chi connectivity index (χ4v) is 3.49. The highest BCUT2D eigenvalue weighted by molar-refractivity contribution is 6.30. The molecule has 2 aromatic rings. The molecule has 1 heterocycles. The smallest absolute Gasteiger partial charge is 0.227 e. The Morgan fingerprint density at radius 2 is 2.05 bits per heavy atom. The Hall–Kier alpha value is -1.80. The van der Waals surface area contributed by atoms with Gasteiger partial charge in [-0.2, -0.15) is 0 Å². The summed E-state index contributed by atoms with van der Waals surface area (Å²) in [5.41, 5.74) is 3.52. The van der Waals surface area contributed by atoms with Crippen LogP contribution in [0.15, 0.2) is 48.5 Å². The third kappa shape index (κ3) is 3.17. The number of hydrogen-bond donors (Lipinski definition) is 0. The zero-order valence-electron chi connectivity index (χ0n) is 12.8. The minimum absolute atomic E-state index is 0.188. The summed E-state index contributed by atoms with van der Waals surface area (Å²) in [6, 6.07) is 16.1. The van der Waals surface area contributed by atoms with Gasteiger partial charge in [-0.15, -0.1) is 0 Å². The minimum atomic E-state index is 0.188. The number of aryl methyl sites for hydroxylation is 1. The second-order valence-electron chi connectivity index (χ2n) is 5.91. The van der Waals surface area contributed by atoms with Gasteiger partial charge in [-0.25, -0.2) is 0 Å². The van der Waals surface area contributed by atoms with Crippen molar-refractivity contribution in [3.8, 4) is 0 Å². The van der Waals surface area contributed by atoms with Crippen molar-refractivity contribution >= 4 is 17.5 Å². The molecule has 0 radical (unpaired) electrons. The van der Waals surface area contributed by atoms with Gasteiger partial charge in [0.05, 0.1) is 12.5 Å². The summed E-state index contributed by atoms with van der Waals surface area (Å²) in [6.07, 6.45) is 2.54. The Bertz CT molecular complexity index is 683. The van der Waals surface area contributed by atoms with E-state index >= 15 is 0 Å². The number of nitrogens with zero attached hydrogens (tertiary/aromatic N) is 1. The molecule has 114 valence electrons. The first-order chi connectivity index (χ1) is 10.6. The fourth-order valence-electron chi connectivity index (χ4n) is 3.27. The number of carbonyl (C=O) groups is 1. The number of hydrogen-bond acceptors (Lipinski definition) is 1. The van der Waals surface area contributed by atoms with E-state index in [1.807, 2.05) is 35.2 Å². The summed E-state index contributed by atoms with van der Waals surface area (Å²) in [7, 11) is 0. The average Bonchev–Trinajstić information content (AvgIpc) is 2.97. The first-order valence-corrected chi connectivity index (χ1v) is 8.12. The van der Waals surface area contributed by atoms with E-state index in [1.165, 1.54) is 11.1 Å². The van der Waals surface area contributed by atoms with E-state index in [-0.39, 0.29) is 11.9 Å². The molecule has 2 nitrogen and oxygen atoms in total. The highest BCUT2D eigenvalue weighted by Crippen LogP contribution is 2.34. The molecule has 0 aliphatic carbocycles. The topological polar surface area (TPSA) is 20.3 Å². The molecular weight excluding hydrogens is 294 g/mol. The number of amides is 1. The standard InChI is InChI=1S/C19H20ClNO/c1-14-6-2-3-9-17(14)18-10-5-11-21(18)19(22)13-15-7-4-8-16(20)12-15/h2-4,6-9,12,18H,5,10-11,13H2,1H3/t18-/m1/s1. The summed E-state index contributed by atoms with van der Waals surface area (Å²) in [5, 5.41) is 0.683. The monoisotopic (exact) mass is 313 g/mol. The van der Waals surface area contributed by atoms with E-state index in [2.05, 4.69) is 25.1 Å². The molecule has 1 fully saturated rings. The molecule has 0 spiro atoms. The van der Waals surface area contributed by atoms with Gasteiger partial charge in [-0.05, 0) is 48.6 Å². The van der Waals surface area contributed by atoms with Crippen molar-refractivity contribution in [2.45, 2.75) is 32.2 Å². The predicted molar refractivity (Wildman–Crippen MR) is 90.0 cm³/mol. The van der Waals surface area contributed by atoms with Gasteiger partial charge >= 0.3 is 0 Å². The molecule has 1 aliphatic heterocycles. The predicted octanol–water partition coefficient (Wildman–Crippen LogP) is 4.55. The molecule has 0 N–H and O–H groups in total. The third-order valence-electron chi connectivity index (χ3n) is 4.36. The van der Waals surface area contributed by atoms with E-state index < -0.39 is 0 Å². The van der Waals surface area contributed by atoms with E-state index in [9.17, 15) is 4.79 Å². The highest BCUT2D eigenvalue weighted by atomic mass is 35.5. The SMILES string of the molecule is Cc1ccccc1[C@H]1CCCN1C(=O)Cc1cccc(Cl)c1. The van der Waals surface area contributed by atoms with Crippen LogP contribution in [0.3, 0.4) is 0 Å². The first kappa shape index (κ1) is 15.1. The Labute approximate surface area is 136 Å². The Balaban J connectivity index is 1.78. The third-order valence-corrected chi connectivity index (χ3v) is 4.60. The molecule has 0 bridgehead atoms. The largest absolute Gasteiger partial charge is 0.335 e.